The average Bonchev–Trinajstić information content (AvgIpc) is 3.45. The first-order valence-electron chi connectivity index (χ1n) is 10.7. The van der Waals surface area contributed by atoms with E-state index in [0.717, 1.165) is 24.4 Å². The third kappa shape index (κ3) is 3.87. The minimum absolute atomic E-state index is 0.0217. The van der Waals surface area contributed by atoms with Crippen LogP contribution in [0.4, 0.5) is 24.9 Å². The number of aromatic nitrogens is 1. The topological polar surface area (TPSA) is 52.8 Å². The molecule has 3 aromatic rings. The van der Waals surface area contributed by atoms with Crippen LogP contribution in [-0.2, 0) is 11.0 Å². The van der Waals surface area contributed by atoms with Crippen molar-refractivity contribution < 1.29 is 22.4 Å². The molecule has 0 N–H and O–H groups in total. The Labute approximate surface area is 183 Å². The molecule has 0 bridgehead atoms. The lowest BCUT2D eigenvalue weighted by Gasteiger charge is -2.38. The van der Waals surface area contributed by atoms with Crippen molar-refractivity contribution in [1.29, 1.82) is 0 Å². The van der Waals surface area contributed by atoms with Crippen LogP contribution in [0, 0.1) is 0 Å². The lowest BCUT2D eigenvalue weighted by molar-refractivity contribution is -0.137. The van der Waals surface area contributed by atoms with Gasteiger partial charge in [0, 0.05) is 38.4 Å². The van der Waals surface area contributed by atoms with Crippen molar-refractivity contribution in [3.05, 3.63) is 54.1 Å². The van der Waals surface area contributed by atoms with Gasteiger partial charge in [-0.15, -0.1) is 0 Å². The maximum absolute atomic E-state index is 13.3. The van der Waals surface area contributed by atoms with Crippen molar-refractivity contribution >= 4 is 28.7 Å². The summed E-state index contributed by atoms with van der Waals surface area (Å²) in [7, 11) is 0. The van der Waals surface area contributed by atoms with Gasteiger partial charge in [0.25, 0.3) is 6.01 Å². The minimum Gasteiger partial charge on any atom is -0.423 e. The number of para-hydroxylation sites is 2. The molecular formula is C23H23F3N4O2. The second-order valence-corrected chi connectivity index (χ2v) is 8.18. The van der Waals surface area contributed by atoms with E-state index < -0.39 is 11.7 Å². The monoisotopic (exact) mass is 444 g/mol. The fourth-order valence-corrected chi connectivity index (χ4v) is 4.51. The van der Waals surface area contributed by atoms with Gasteiger partial charge in [-0.25, -0.2) is 0 Å². The fourth-order valence-electron chi connectivity index (χ4n) is 4.51. The largest absolute Gasteiger partial charge is 0.423 e. The molecule has 0 unspecified atom stereocenters. The predicted octanol–water partition coefficient (Wildman–Crippen LogP) is 4.16. The fraction of sp³-hybridized carbons (Fsp3) is 0.391. The van der Waals surface area contributed by atoms with Crippen molar-refractivity contribution in [2.24, 2.45) is 0 Å². The van der Waals surface area contributed by atoms with E-state index in [9.17, 15) is 18.0 Å². The van der Waals surface area contributed by atoms with Crippen molar-refractivity contribution in [2.45, 2.75) is 25.1 Å². The number of nitrogens with zero attached hydrogens (tertiary/aromatic N) is 4. The van der Waals surface area contributed by atoms with E-state index in [1.54, 1.807) is 11.0 Å². The lowest BCUT2D eigenvalue weighted by Crippen LogP contribution is -2.54. The molecule has 3 heterocycles. The quantitative estimate of drug-likeness (QED) is 0.607. The zero-order valence-corrected chi connectivity index (χ0v) is 17.4. The Bertz CT molecular complexity index is 1090. The van der Waals surface area contributed by atoms with Crippen molar-refractivity contribution in [1.82, 2.24) is 9.88 Å². The van der Waals surface area contributed by atoms with Gasteiger partial charge in [-0.3, -0.25) is 4.79 Å². The number of anilines is 2. The second kappa shape index (κ2) is 8.03. The number of piperazine rings is 1. The Morgan fingerprint density at radius 1 is 1.00 bits per heavy atom. The summed E-state index contributed by atoms with van der Waals surface area (Å²) in [4.78, 5) is 23.4. The van der Waals surface area contributed by atoms with Gasteiger partial charge >= 0.3 is 6.18 Å². The Hall–Kier alpha value is -3.23. The molecule has 2 aliphatic heterocycles. The van der Waals surface area contributed by atoms with Crippen LogP contribution in [0.15, 0.2) is 52.9 Å². The first kappa shape index (κ1) is 20.7. The molecule has 5 rings (SSSR count). The molecule has 0 saturated carbocycles. The Morgan fingerprint density at radius 3 is 2.53 bits per heavy atom. The zero-order chi connectivity index (χ0) is 22.3. The molecule has 6 nitrogen and oxygen atoms in total. The van der Waals surface area contributed by atoms with E-state index in [1.165, 1.54) is 12.1 Å². The summed E-state index contributed by atoms with van der Waals surface area (Å²) in [6.07, 6.45) is -2.77. The number of fused-ring (bicyclic) bond motifs is 1. The van der Waals surface area contributed by atoms with Gasteiger partial charge in [0.2, 0.25) is 5.91 Å². The number of oxazole rings is 1. The summed E-state index contributed by atoms with van der Waals surface area (Å²) in [6.45, 7) is 2.61. The van der Waals surface area contributed by atoms with Crippen molar-refractivity contribution in [3.8, 4) is 0 Å². The third-order valence-corrected chi connectivity index (χ3v) is 6.20. The molecule has 32 heavy (non-hydrogen) atoms. The maximum atomic E-state index is 13.3. The number of carbonyl (C=O) groups is 1. The molecule has 2 aromatic carbocycles. The zero-order valence-electron chi connectivity index (χ0n) is 17.4. The van der Waals surface area contributed by atoms with E-state index in [4.69, 9.17) is 4.42 Å². The van der Waals surface area contributed by atoms with Crippen molar-refractivity contribution in [2.75, 3.05) is 42.5 Å². The normalized spacial score (nSPS) is 19.7. The highest BCUT2D eigenvalue weighted by Gasteiger charge is 2.37. The lowest BCUT2D eigenvalue weighted by atomic mass is 10.1. The number of hydrogen-bond donors (Lipinski definition) is 0. The van der Waals surface area contributed by atoms with Gasteiger partial charge in [-0.1, -0.05) is 18.2 Å². The van der Waals surface area contributed by atoms with Crippen LogP contribution in [0.1, 0.15) is 18.4 Å². The number of benzene rings is 2. The maximum Gasteiger partial charge on any atom is 0.416 e. The van der Waals surface area contributed by atoms with Gasteiger partial charge in [0.05, 0.1) is 5.56 Å². The van der Waals surface area contributed by atoms with Crippen LogP contribution in [0.2, 0.25) is 0 Å². The molecule has 1 aromatic heterocycles. The molecule has 1 atom stereocenters. The van der Waals surface area contributed by atoms with Crippen molar-refractivity contribution in [3.63, 3.8) is 0 Å². The molecule has 0 radical (unpaired) electrons. The molecule has 0 aliphatic carbocycles. The van der Waals surface area contributed by atoms with Gasteiger partial charge in [0.15, 0.2) is 5.58 Å². The Balaban J connectivity index is 1.26. The number of halogens is 3. The predicted molar refractivity (Wildman–Crippen MR) is 115 cm³/mol. The van der Waals surface area contributed by atoms with E-state index in [2.05, 4.69) is 4.98 Å². The summed E-state index contributed by atoms with van der Waals surface area (Å²) in [6, 6.07) is 13.0. The number of amides is 1. The smallest absolute Gasteiger partial charge is 0.416 e. The molecule has 2 fully saturated rings. The molecular weight excluding hydrogens is 421 g/mol. The molecule has 0 spiro atoms. The highest BCUT2D eigenvalue weighted by molar-refractivity contribution is 5.86. The summed E-state index contributed by atoms with van der Waals surface area (Å²) in [5.41, 5.74) is 1.32. The first-order chi connectivity index (χ1) is 15.4. The Kier molecular flexibility index (Phi) is 5.19. The van der Waals surface area contributed by atoms with E-state index >= 15 is 0 Å². The van der Waals surface area contributed by atoms with Crippen LogP contribution < -0.4 is 9.80 Å². The molecule has 2 saturated heterocycles. The number of rotatable bonds is 3. The minimum atomic E-state index is -4.37. The molecule has 9 heteroatoms. The van der Waals surface area contributed by atoms with Crippen LogP contribution in [0.5, 0.6) is 0 Å². The number of hydrogen-bond acceptors (Lipinski definition) is 5. The molecule has 2 aliphatic rings. The summed E-state index contributed by atoms with van der Waals surface area (Å²) in [5, 5.41) is 0. The third-order valence-electron chi connectivity index (χ3n) is 6.20. The average molecular weight is 444 g/mol. The SMILES string of the molecule is O=C([C@H]1CCCN1c1nc2ccccc2o1)N1CCN(c2cccc(C(F)(F)F)c2)CC1. The van der Waals surface area contributed by atoms with Gasteiger partial charge in [-0.2, -0.15) is 18.2 Å². The Morgan fingerprint density at radius 2 is 1.78 bits per heavy atom. The highest BCUT2D eigenvalue weighted by atomic mass is 19.4. The van der Waals surface area contributed by atoms with Crippen LogP contribution in [0.25, 0.3) is 11.1 Å². The highest BCUT2D eigenvalue weighted by Crippen LogP contribution is 2.32. The summed E-state index contributed by atoms with van der Waals surface area (Å²) in [5.74, 6) is 0.0217. The summed E-state index contributed by atoms with van der Waals surface area (Å²) >= 11 is 0. The van der Waals surface area contributed by atoms with Gasteiger partial charge in [-0.05, 0) is 43.2 Å². The standard InChI is InChI=1S/C23H23F3N4O2/c24-23(25,26)16-5-3-6-17(15-16)28-11-13-29(14-12-28)21(31)19-8-4-10-30(19)22-27-18-7-1-2-9-20(18)32-22/h1-3,5-7,9,15,19H,4,8,10-14H2/t19-/m1/s1. The van der Waals surface area contributed by atoms with Gasteiger partial charge < -0.3 is 19.1 Å². The van der Waals surface area contributed by atoms with Gasteiger partial charge in [0.1, 0.15) is 11.6 Å². The molecule has 1 amide bonds. The van der Waals surface area contributed by atoms with Crippen LogP contribution in [-0.4, -0.2) is 54.6 Å². The van der Waals surface area contributed by atoms with E-state index in [0.29, 0.717) is 50.0 Å². The van der Waals surface area contributed by atoms with E-state index in [1.807, 2.05) is 34.1 Å². The second-order valence-electron chi connectivity index (χ2n) is 8.18. The summed E-state index contributed by atoms with van der Waals surface area (Å²) < 4.78 is 45.0. The first-order valence-corrected chi connectivity index (χ1v) is 10.7. The van der Waals surface area contributed by atoms with Crippen LogP contribution >= 0.6 is 0 Å². The van der Waals surface area contributed by atoms with Crippen LogP contribution in [0.3, 0.4) is 0 Å². The molecule has 168 valence electrons. The number of carbonyl (C=O) groups excluding carboxylic acids is 1. The number of alkyl halides is 3. The van der Waals surface area contributed by atoms with E-state index in [-0.39, 0.29) is 11.9 Å².